The van der Waals surface area contributed by atoms with Crippen molar-refractivity contribution < 1.29 is 4.74 Å². The van der Waals surface area contributed by atoms with Crippen LogP contribution in [0.25, 0.3) is 0 Å². The lowest BCUT2D eigenvalue weighted by atomic mass is 10.0. The van der Waals surface area contributed by atoms with Crippen LogP contribution in [0.5, 0.6) is 0 Å². The van der Waals surface area contributed by atoms with E-state index >= 15 is 0 Å². The molecular weight excluding hydrogens is 435 g/mol. The Morgan fingerprint density at radius 1 is 1.33 bits per heavy atom. The normalized spacial score (nSPS) is 16.5. The second-order valence-corrected chi connectivity index (χ2v) is 7.40. The molecule has 1 aliphatic heterocycles. The topological polar surface area (TPSA) is 48.9 Å². The van der Waals surface area contributed by atoms with Crippen LogP contribution in [-0.2, 0) is 11.2 Å². The molecule has 1 saturated heterocycles. The quantitative estimate of drug-likeness (QED) is 0.369. The highest BCUT2D eigenvalue weighted by atomic mass is 127. The van der Waals surface area contributed by atoms with Gasteiger partial charge in [0.2, 0.25) is 0 Å². The van der Waals surface area contributed by atoms with E-state index in [-0.39, 0.29) is 29.5 Å². The van der Waals surface area contributed by atoms with Gasteiger partial charge in [0, 0.05) is 36.6 Å². The van der Waals surface area contributed by atoms with Crippen LogP contribution in [0.3, 0.4) is 0 Å². The minimum absolute atomic E-state index is 0. The third-order valence-electron chi connectivity index (χ3n) is 4.08. The summed E-state index contributed by atoms with van der Waals surface area (Å²) in [7, 11) is 0. The summed E-state index contributed by atoms with van der Waals surface area (Å²) in [4.78, 5) is 8.67. The molecule has 0 saturated carbocycles. The number of morpholine rings is 1. The largest absolute Gasteiger partial charge is 0.379 e. The Morgan fingerprint density at radius 2 is 2.08 bits per heavy atom. The summed E-state index contributed by atoms with van der Waals surface area (Å²) in [6, 6.07) is 4.28. The van der Waals surface area contributed by atoms with Crippen LogP contribution >= 0.6 is 35.3 Å². The molecule has 7 heteroatoms. The molecule has 0 aliphatic carbocycles. The van der Waals surface area contributed by atoms with E-state index in [4.69, 9.17) is 9.73 Å². The van der Waals surface area contributed by atoms with Gasteiger partial charge in [-0.3, -0.25) is 9.89 Å². The first-order valence-electron chi connectivity index (χ1n) is 8.49. The number of hydrogen-bond donors (Lipinski definition) is 2. The Hall–Kier alpha value is -0.380. The minimum Gasteiger partial charge on any atom is -0.379 e. The number of rotatable bonds is 7. The van der Waals surface area contributed by atoms with Crippen LogP contribution in [0.15, 0.2) is 22.5 Å². The Balaban J connectivity index is 0.00000288. The van der Waals surface area contributed by atoms with E-state index in [1.807, 2.05) is 0 Å². The van der Waals surface area contributed by atoms with Gasteiger partial charge >= 0.3 is 0 Å². The summed E-state index contributed by atoms with van der Waals surface area (Å²) < 4.78 is 5.45. The van der Waals surface area contributed by atoms with Gasteiger partial charge in [-0.25, -0.2) is 0 Å². The van der Waals surface area contributed by atoms with Crippen LogP contribution in [0.4, 0.5) is 0 Å². The molecule has 2 rings (SSSR count). The van der Waals surface area contributed by atoms with E-state index in [0.29, 0.717) is 0 Å². The summed E-state index contributed by atoms with van der Waals surface area (Å²) in [5.74, 6) is 0.908. The van der Waals surface area contributed by atoms with Crippen LogP contribution in [-0.4, -0.2) is 62.3 Å². The van der Waals surface area contributed by atoms with Crippen molar-refractivity contribution in [2.75, 3.05) is 45.9 Å². The molecule has 1 aliphatic rings. The van der Waals surface area contributed by atoms with Crippen molar-refractivity contribution in [3.8, 4) is 0 Å². The van der Waals surface area contributed by atoms with E-state index in [2.05, 4.69) is 53.8 Å². The van der Waals surface area contributed by atoms with Gasteiger partial charge in [0.05, 0.1) is 19.8 Å². The highest BCUT2D eigenvalue weighted by Crippen LogP contribution is 2.16. The molecule has 0 amide bonds. The molecule has 0 atom stereocenters. The molecule has 1 fully saturated rings. The second kappa shape index (κ2) is 11.3. The molecule has 2 N–H and O–H groups in total. The first kappa shape index (κ1) is 21.7. The van der Waals surface area contributed by atoms with Crippen LogP contribution < -0.4 is 10.6 Å². The Kier molecular flexibility index (Phi) is 10.2. The minimum atomic E-state index is 0. The molecule has 2 heterocycles. The second-order valence-electron chi connectivity index (χ2n) is 6.36. The fourth-order valence-electron chi connectivity index (χ4n) is 2.64. The zero-order valence-corrected chi connectivity index (χ0v) is 18.2. The van der Waals surface area contributed by atoms with Crippen LogP contribution in [0.2, 0.25) is 0 Å². The lowest BCUT2D eigenvalue weighted by Crippen LogP contribution is -2.52. The van der Waals surface area contributed by atoms with Gasteiger partial charge in [0.25, 0.3) is 0 Å². The third kappa shape index (κ3) is 7.25. The molecule has 0 spiro atoms. The lowest BCUT2D eigenvalue weighted by Gasteiger charge is -2.39. The zero-order chi connectivity index (χ0) is 16.5. The van der Waals surface area contributed by atoms with Crippen molar-refractivity contribution in [1.82, 2.24) is 15.5 Å². The number of hydrogen-bond acceptors (Lipinski definition) is 4. The summed E-state index contributed by atoms with van der Waals surface area (Å²) in [5.41, 5.74) is 0.0554. The van der Waals surface area contributed by atoms with E-state index in [1.165, 1.54) is 4.88 Å². The highest BCUT2D eigenvalue weighted by molar-refractivity contribution is 14.0. The smallest absolute Gasteiger partial charge is 0.191 e. The van der Waals surface area contributed by atoms with Crippen LogP contribution in [0, 0.1) is 0 Å². The molecule has 0 aromatic carbocycles. The highest BCUT2D eigenvalue weighted by Gasteiger charge is 2.27. The molecule has 1 aromatic heterocycles. The van der Waals surface area contributed by atoms with Crippen molar-refractivity contribution in [2.45, 2.75) is 32.7 Å². The zero-order valence-electron chi connectivity index (χ0n) is 15.0. The number of aliphatic imine (C=N–C) groups is 1. The standard InChI is InChI=1S/C17H30N4OS.HI/c1-4-18-16(19-8-7-15-6-5-13-23-15)20-14-17(2,3)21-9-11-22-12-10-21;/h5-6,13H,4,7-12,14H2,1-3H3,(H2,18,19,20);1H. The number of halogens is 1. The van der Waals surface area contributed by atoms with E-state index in [9.17, 15) is 0 Å². The first-order chi connectivity index (χ1) is 11.1. The number of nitrogens with one attached hydrogen (secondary N) is 2. The molecule has 138 valence electrons. The van der Waals surface area contributed by atoms with Crippen molar-refractivity contribution in [3.05, 3.63) is 22.4 Å². The van der Waals surface area contributed by atoms with Crippen molar-refractivity contribution in [2.24, 2.45) is 4.99 Å². The molecule has 0 unspecified atom stereocenters. The molecule has 24 heavy (non-hydrogen) atoms. The van der Waals surface area contributed by atoms with Gasteiger partial charge in [-0.05, 0) is 38.6 Å². The van der Waals surface area contributed by atoms with Gasteiger partial charge in [0.1, 0.15) is 0 Å². The predicted octanol–water partition coefficient (Wildman–Crippen LogP) is 2.57. The summed E-state index contributed by atoms with van der Waals surface area (Å²) in [6.45, 7) is 12.8. The van der Waals surface area contributed by atoms with E-state index < -0.39 is 0 Å². The average Bonchev–Trinajstić information content (AvgIpc) is 3.07. The van der Waals surface area contributed by atoms with E-state index in [0.717, 1.165) is 58.3 Å². The van der Waals surface area contributed by atoms with Gasteiger partial charge in [-0.15, -0.1) is 35.3 Å². The summed E-state index contributed by atoms with van der Waals surface area (Å²) in [5, 5.41) is 8.90. The summed E-state index contributed by atoms with van der Waals surface area (Å²) >= 11 is 1.81. The fourth-order valence-corrected chi connectivity index (χ4v) is 3.35. The van der Waals surface area contributed by atoms with Crippen molar-refractivity contribution in [3.63, 3.8) is 0 Å². The lowest BCUT2D eigenvalue weighted by molar-refractivity contribution is -0.00683. The van der Waals surface area contributed by atoms with Crippen molar-refractivity contribution >= 4 is 41.3 Å². The van der Waals surface area contributed by atoms with Gasteiger partial charge in [-0.2, -0.15) is 0 Å². The van der Waals surface area contributed by atoms with Gasteiger partial charge < -0.3 is 15.4 Å². The maximum atomic E-state index is 5.45. The SMILES string of the molecule is CCNC(=NCC(C)(C)N1CCOCC1)NCCc1cccs1.I. The van der Waals surface area contributed by atoms with E-state index in [1.54, 1.807) is 11.3 Å². The monoisotopic (exact) mass is 466 g/mol. The van der Waals surface area contributed by atoms with Gasteiger partial charge in [-0.1, -0.05) is 6.07 Å². The third-order valence-corrected chi connectivity index (χ3v) is 5.02. The molecule has 1 aromatic rings. The van der Waals surface area contributed by atoms with Crippen molar-refractivity contribution in [1.29, 1.82) is 0 Å². The Bertz CT molecular complexity index is 473. The number of ether oxygens (including phenoxy) is 1. The van der Waals surface area contributed by atoms with Crippen LogP contribution in [0.1, 0.15) is 25.6 Å². The maximum Gasteiger partial charge on any atom is 0.191 e. The molecular formula is C17H31IN4OS. The first-order valence-corrected chi connectivity index (χ1v) is 9.37. The maximum absolute atomic E-state index is 5.45. The van der Waals surface area contributed by atoms with Gasteiger partial charge in [0.15, 0.2) is 5.96 Å². The average molecular weight is 466 g/mol. The number of nitrogens with zero attached hydrogens (tertiary/aromatic N) is 2. The molecule has 0 bridgehead atoms. The summed E-state index contributed by atoms with van der Waals surface area (Å²) in [6.07, 6.45) is 1.04. The number of thiophene rings is 1. The Morgan fingerprint density at radius 3 is 2.71 bits per heavy atom. The molecule has 0 radical (unpaired) electrons. The number of guanidine groups is 1. The fraction of sp³-hybridized carbons (Fsp3) is 0.706. The molecule has 5 nitrogen and oxygen atoms in total. The predicted molar refractivity (Wildman–Crippen MR) is 114 cm³/mol. The Labute approximate surface area is 167 Å².